The summed E-state index contributed by atoms with van der Waals surface area (Å²) in [5.74, 6) is -0.0908. The average molecular weight is 485 g/mol. The molecule has 0 amide bonds. The Morgan fingerprint density at radius 1 is 1.03 bits per heavy atom. The lowest BCUT2D eigenvalue weighted by atomic mass is 10.2. The van der Waals surface area contributed by atoms with Crippen LogP contribution in [0.3, 0.4) is 0 Å². The summed E-state index contributed by atoms with van der Waals surface area (Å²) in [6, 6.07) is 5.96. The standard InChI is InChI=1S/C18H15ClF6N4OS/c19-14-9-11(17(20,21)22)10-26-15(14)28-5-7-29(8-6-28)16(31)27-12-1-3-13(4-2-12)30-18(23,24)25/h1-4,9-10H,5-8H2,(H,27,31). The maximum atomic E-state index is 12.8. The van der Waals surface area contributed by atoms with Crippen molar-refractivity contribution in [1.82, 2.24) is 9.88 Å². The molecule has 1 aliphatic heterocycles. The minimum absolute atomic E-state index is 0.0925. The predicted octanol–water partition coefficient (Wildman–Crippen LogP) is 5.17. The van der Waals surface area contributed by atoms with Gasteiger partial charge in [0.2, 0.25) is 0 Å². The Kier molecular flexibility index (Phi) is 6.70. The maximum Gasteiger partial charge on any atom is 0.573 e. The van der Waals surface area contributed by atoms with Crippen LogP contribution in [0.25, 0.3) is 0 Å². The Bertz CT molecular complexity index is 930. The van der Waals surface area contributed by atoms with Gasteiger partial charge in [0.15, 0.2) is 5.11 Å². The highest BCUT2D eigenvalue weighted by molar-refractivity contribution is 7.80. The Morgan fingerprint density at radius 3 is 2.16 bits per heavy atom. The summed E-state index contributed by atoms with van der Waals surface area (Å²) in [7, 11) is 0. The third-order valence-corrected chi connectivity index (χ3v) is 4.99. The highest BCUT2D eigenvalue weighted by Crippen LogP contribution is 2.33. The van der Waals surface area contributed by atoms with Gasteiger partial charge in [0, 0.05) is 38.1 Å². The fraction of sp³-hybridized carbons (Fsp3) is 0.333. The number of hydrogen-bond donors (Lipinski definition) is 1. The third-order valence-electron chi connectivity index (χ3n) is 4.35. The molecule has 1 N–H and O–H groups in total. The average Bonchev–Trinajstić information content (AvgIpc) is 2.68. The number of halogens is 7. The highest BCUT2D eigenvalue weighted by atomic mass is 35.5. The molecule has 3 rings (SSSR count). The van der Waals surface area contributed by atoms with Crippen LogP contribution >= 0.6 is 23.8 Å². The maximum absolute atomic E-state index is 12.8. The van der Waals surface area contributed by atoms with Crippen molar-refractivity contribution in [1.29, 1.82) is 0 Å². The summed E-state index contributed by atoms with van der Waals surface area (Å²) in [6.07, 6.45) is -8.55. The molecule has 0 aliphatic carbocycles. The minimum atomic E-state index is -4.77. The number of nitrogens with zero attached hydrogens (tertiary/aromatic N) is 3. The molecule has 168 valence electrons. The van der Waals surface area contributed by atoms with E-state index in [1.54, 1.807) is 4.90 Å². The van der Waals surface area contributed by atoms with Gasteiger partial charge in [-0.25, -0.2) is 4.98 Å². The van der Waals surface area contributed by atoms with Crippen LogP contribution in [0.2, 0.25) is 5.02 Å². The molecule has 1 saturated heterocycles. The molecule has 13 heteroatoms. The van der Waals surface area contributed by atoms with Crippen LogP contribution in [0.1, 0.15) is 5.56 Å². The molecule has 2 heterocycles. The Balaban J connectivity index is 1.55. The van der Waals surface area contributed by atoms with Crippen molar-refractivity contribution in [3.8, 4) is 5.75 Å². The van der Waals surface area contributed by atoms with Gasteiger partial charge in [-0.3, -0.25) is 0 Å². The van der Waals surface area contributed by atoms with Crippen molar-refractivity contribution in [2.75, 3.05) is 36.4 Å². The van der Waals surface area contributed by atoms with E-state index in [0.29, 0.717) is 37.0 Å². The number of aromatic nitrogens is 1. The molecule has 0 bridgehead atoms. The topological polar surface area (TPSA) is 40.6 Å². The smallest absolute Gasteiger partial charge is 0.406 e. The van der Waals surface area contributed by atoms with Gasteiger partial charge >= 0.3 is 12.5 Å². The molecular formula is C18H15ClF6N4OS. The number of nitrogens with one attached hydrogen (secondary N) is 1. The lowest BCUT2D eigenvalue weighted by molar-refractivity contribution is -0.274. The molecule has 0 atom stereocenters. The number of anilines is 2. The summed E-state index contributed by atoms with van der Waals surface area (Å²) < 4.78 is 78.7. The van der Waals surface area contributed by atoms with E-state index in [1.807, 2.05) is 4.90 Å². The number of piperazine rings is 1. The molecule has 1 fully saturated rings. The summed E-state index contributed by atoms with van der Waals surface area (Å²) in [6.45, 7) is 1.72. The highest BCUT2D eigenvalue weighted by Gasteiger charge is 2.33. The van der Waals surface area contributed by atoms with Gasteiger partial charge in [-0.1, -0.05) is 11.6 Å². The van der Waals surface area contributed by atoms with E-state index >= 15 is 0 Å². The second-order valence-corrected chi connectivity index (χ2v) is 7.30. The molecule has 0 saturated carbocycles. The monoisotopic (exact) mass is 484 g/mol. The molecule has 5 nitrogen and oxygen atoms in total. The lowest BCUT2D eigenvalue weighted by Gasteiger charge is -2.37. The molecule has 0 radical (unpaired) electrons. The van der Waals surface area contributed by atoms with Crippen molar-refractivity contribution in [2.24, 2.45) is 0 Å². The van der Waals surface area contributed by atoms with Crippen LogP contribution in [0.15, 0.2) is 36.5 Å². The van der Waals surface area contributed by atoms with E-state index < -0.39 is 18.1 Å². The molecule has 2 aromatic rings. The van der Waals surface area contributed by atoms with E-state index in [0.717, 1.165) is 24.4 Å². The SMILES string of the molecule is FC(F)(F)Oc1ccc(NC(=S)N2CCN(c3ncc(C(F)(F)F)cc3Cl)CC2)cc1. The lowest BCUT2D eigenvalue weighted by Crippen LogP contribution is -2.50. The number of alkyl halides is 6. The fourth-order valence-corrected chi connectivity index (χ4v) is 3.47. The zero-order valence-electron chi connectivity index (χ0n) is 15.6. The van der Waals surface area contributed by atoms with Crippen LogP contribution in [0.4, 0.5) is 37.8 Å². The molecule has 1 aromatic heterocycles. The van der Waals surface area contributed by atoms with Crippen LogP contribution in [-0.2, 0) is 6.18 Å². The first-order valence-corrected chi connectivity index (χ1v) is 9.60. The number of pyridine rings is 1. The van der Waals surface area contributed by atoms with Gasteiger partial charge in [-0.15, -0.1) is 13.2 Å². The van der Waals surface area contributed by atoms with E-state index in [4.69, 9.17) is 23.8 Å². The van der Waals surface area contributed by atoms with E-state index in [-0.39, 0.29) is 16.6 Å². The zero-order valence-corrected chi connectivity index (χ0v) is 17.2. The Labute approximate surface area is 183 Å². The van der Waals surface area contributed by atoms with Crippen LogP contribution in [0.5, 0.6) is 5.75 Å². The molecule has 1 aliphatic rings. The first kappa shape index (κ1) is 23.2. The molecule has 0 spiro atoms. The van der Waals surface area contributed by atoms with E-state index in [9.17, 15) is 26.3 Å². The number of benzene rings is 1. The summed E-state index contributed by atoms with van der Waals surface area (Å²) in [5, 5.41) is 3.19. The third kappa shape index (κ3) is 6.26. The second kappa shape index (κ2) is 8.95. The van der Waals surface area contributed by atoms with Gasteiger partial charge in [0.1, 0.15) is 11.6 Å². The van der Waals surface area contributed by atoms with E-state index in [2.05, 4.69) is 15.0 Å². The van der Waals surface area contributed by atoms with Crippen molar-refractivity contribution in [3.63, 3.8) is 0 Å². The number of rotatable bonds is 3. The van der Waals surface area contributed by atoms with Gasteiger partial charge in [0.25, 0.3) is 0 Å². The van der Waals surface area contributed by atoms with Crippen molar-refractivity contribution in [3.05, 3.63) is 47.1 Å². The number of thiocarbonyl (C=S) groups is 1. The second-order valence-electron chi connectivity index (χ2n) is 6.50. The normalized spacial score (nSPS) is 15.1. The molecule has 0 unspecified atom stereocenters. The number of ether oxygens (including phenoxy) is 1. The Morgan fingerprint density at radius 2 is 1.65 bits per heavy atom. The molecule has 1 aromatic carbocycles. The van der Waals surface area contributed by atoms with E-state index in [1.165, 1.54) is 12.1 Å². The van der Waals surface area contributed by atoms with Gasteiger partial charge in [0.05, 0.1) is 10.6 Å². The van der Waals surface area contributed by atoms with Crippen LogP contribution in [-0.4, -0.2) is 47.5 Å². The first-order chi connectivity index (χ1) is 14.4. The van der Waals surface area contributed by atoms with Crippen LogP contribution in [0, 0.1) is 0 Å². The van der Waals surface area contributed by atoms with Gasteiger partial charge < -0.3 is 19.9 Å². The minimum Gasteiger partial charge on any atom is -0.406 e. The molecule has 31 heavy (non-hydrogen) atoms. The van der Waals surface area contributed by atoms with Crippen LogP contribution < -0.4 is 15.0 Å². The van der Waals surface area contributed by atoms with Crippen molar-refractivity contribution < 1.29 is 31.1 Å². The Hall–Kier alpha value is -2.47. The largest absolute Gasteiger partial charge is 0.573 e. The first-order valence-electron chi connectivity index (χ1n) is 8.82. The van der Waals surface area contributed by atoms with Crippen molar-refractivity contribution in [2.45, 2.75) is 12.5 Å². The molecular weight excluding hydrogens is 470 g/mol. The summed E-state index contributed by atoms with van der Waals surface area (Å²) >= 11 is 11.3. The zero-order chi connectivity index (χ0) is 22.8. The predicted molar refractivity (Wildman–Crippen MR) is 107 cm³/mol. The fourth-order valence-electron chi connectivity index (χ4n) is 2.88. The van der Waals surface area contributed by atoms with Crippen molar-refractivity contribution >= 4 is 40.4 Å². The summed E-state index contributed by atoms with van der Waals surface area (Å²) in [4.78, 5) is 7.43. The van der Waals surface area contributed by atoms with Gasteiger partial charge in [-0.2, -0.15) is 13.2 Å². The van der Waals surface area contributed by atoms with Gasteiger partial charge in [-0.05, 0) is 42.5 Å². The summed E-state index contributed by atoms with van der Waals surface area (Å²) in [5.41, 5.74) is -0.439. The quantitative estimate of drug-likeness (QED) is 0.479. The number of hydrogen-bond acceptors (Lipinski definition) is 4.